The zero-order valence-corrected chi connectivity index (χ0v) is 17.3. The van der Waals surface area contributed by atoms with Crippen LogP contribution in [0.1, 0.15) is 0 Å². The molecule has 0 unspecified atom stereocenters. The van der Waals surface area contributed by atoms with Crippen LogP contribution in [0.2, 0.25) is 0 Å². The third kappa shape index (κ3) is 6.01. The van der Waals surface area contributed by atoms with E-state index in [1.165, 1.54) is 18.2 Å². The number of esters is 2. The zero-order chi connectivity index (χ0) is 23.8. The average Bonchev–Trinajstić information content (AvgIpc) is 2.82. The smallest absolute Gasteiger partial charge is 0.335 e. The highest BCUT2D eigenvalue weighted by Gasteiger charge is 2.11. The standard InChI is InChI=1S/C26H18F2O5/c1-3-25(29)32-14-13-31-24-12-8-19(16-23(24)28)21-11-7-18(15-22(21)27)17-5-9-20(10-6-17)33-26(30)4-2/h3-16H,1-2H2. The molecule has 166 valence electrons. The van der Waals surface area contributed by atoms with E-state index in [1.54, 1.807) is 36.4 Å². The van der Waals surface area contributed by atoms with E-state index in [2.05, 4.69) is 17.9 Å². The minimum atomic E-state index is -0.722. The van der Waals surface area contributed by atoms with Crippen LogP contribution in [0, 0.1) is 11.6 Å². The molecule has 0 amide bonds. The lowest BCUT2D eigenvalue weighted by atomic mass is 9.99. The number of carbonyl (C=O) groups excluding carboxylic acids is 2. The molecule has 0 spiro atoms. The maximum Gasteiger partial charge on any atom is 0.335 e. The summed E-state index contributed by atoms with van der Waals surface area (Å²) in [6.45, 7) is 6.57. The highest BCUT2D eigenvalue weighted by molar-refractivity contribution is 5.83. The Morgan fingerprint density at radius 2 is 1.36 bits per heavy atom. The van der Waals surface area contributed by atoms with Crippen molar-refractivity contribution in [1.82, 2.24) is 0 Å². The summed E-state index contributed by atoms with van der Waals surface area (Å²) in [4.78, 5) is 22.2. The number of hydrogen-bond acceptors (Lipinski definition) is 5. The van der Waals surface area contributed by atoms with Gasteiger partial charge in [-0.15, -0.1) is 0 Å². The first-order chi connectivity index (χ1) is 15.9. The van der Waals surface area contributed by atoms with Crippen LogP contribution in [-0.4, -0.2) is 11.9 Å². The Morgan fingerprint density at radius 3 is 2.00 bits per heavy atom. The van der Waals surface area contributed by atoms with Gasteiger partial charge in [0.25, 0.3) is 0 Å². The summed E-state index contributed by atoms with van der Waals surface area (Å²) in [5, 5.41) is 0. The van der Waals surface area contributed by atoms with Crippen LogP contribution in [0.5, 0.6) is 11.5 Å². The van der Waals surface area contributed by atoms with Gasteiger partial charge in [0.1, 0.15) is 24.1 Å². The molecule has 33 heavy (non-hydrogen) atoms. The number of hydrogen-bond donors (Lipinski definition) is 0. The molecule has 3 aromatic rings. The van der Waals surface area contributed by atoms with Gasteiger partial charge in [-0.05, 0) is 47.0 Å². The lowest BCUT2D eigenvalue weighted by molar-refractivity contribution is -0.132. The molecule has 0 radical (unpaired) electrons. The Labute approximate surface area is 188 Å². The molecule has 0 saturated carbocycles. The van der Waals surface area contributed by atoms with E-state index in [4.69, 9.17) is 9.47 Å². The quantitative estimate of drug-likeness (QED) is 0.184. The van der Waals surface area contributed by atoms with Crippen molar-refractivity contribution in [2.75, 3.05) is 0 Å². The van der Waals surface area contributed by atoms with Gasteiger partial charge in [-0.2, -0.15) is 0 Å². The van der Waals surface area contributed by atoms with Crippen molar-refractivity contribution in [2.24, 2.45) is 0 Å². The molecule has 0 aromatic heterocycles. The third-order valence-corrected chi connectivity index (χ3v) is 4.39. The molecule has 0 atom stereocenters. The molecule has 3 rings (SSSR count). The topological polar surface area (TPSA) is 61.8 Å². The first-order valence-corrected chi connectivity index (χ1v) is 9.60. The fourth-order valence-electron chi connectivity index (χ4n) is 2.81. The van der Waals surface area contributed by atoms with Gasteiger partial charge in [0.2, 0.25) is 0 Å². The van der Waals surface area contributed by atoms with Gasteiger partial charge >= 0.3 is 11.9 Å². The van der Waals surface area contributed by atoms with Crippen LogP contribution in [-0.2, 0) is 14.3 Å². The predicted molar refractivity (Wildman–Crippen MR) is 119 cm³/mol. The number of benzene rings is 3. The van der Waals surface area contributed by atoms with Crippen LogP contribution in [0.15, 0.2) is 98.5 Å². The predicted octanol–water partition coefficient (Wildman–Crippen LogP) is 5.97. The summed E-state index contributed by atoms with van der Waals surface area (Å²) in [7, 11) is 0. The number of halogens is 2. The normalized spacial score (nSPS) is 10.5. The highest BCUT2D eigenvalue weighted by Crippen LogP contribution is 2.31. The molecule has 0 aliphatic rings. The van der Waals surface area contributed by atoms with E-state index in [1.807, 2.05) is 0 Å². The number of carbonyl (C=O) groups is 2. The first-order valence-electron chi connectivity index (χ1n) is 9.60. The zero-order valence-electron chi connectivity index (χ0n) is 17.3. The lowest BCUT2D eigenvalue weighted by Crippen LogP contribution is -2.02. The Bertz CT molecular complexity index is 1230. The van der Waals surface area contributed by atoms with Crippen molar-refractivity contribution in [3.05, 3.63) is 110 Å². The second-order valence-corrected chi connectivity index (χ2v) is 6.52. The molecule has 5 nitrogen and oxygen atoms in total. The van der Waals surface area contributed by atoms with Gasteiger partial charge in [-0.3, -0.25) is 0 Å². The van der Waals surface area contributed by atoms with Crippen molar-refractivity contribution in [1.29, 1.82) is 0 Å². The van der Waals surface area contributed by atoms with Gasteiger partial charge in [0.15, 0.2) is 11.6 Å². The average molecular weight is 448 g/mol. The molecule has 0 aliphatic carbocycles. The van der Waals surface area contributed by atoms with Crippen LogP contribution < -0.4 is 9.47 Å². The monoisotopic (exact) mass is 448 g/mol. The molecule has 0 saturated heterocycles. The molecular weight excluding hydrogens is 430 g/mol. The van der Waals surface area contributed by atoms with E-state index in [0.717, 1.165) is 30.7 Å². The van der Waals surface area contributed by atoms with Crippen molar-refractivity contribution in [3.63, 3.8) is 0 Å². The maximum atomic E-state index is 14.8. The van der Waals surface area contributed by atoms with E-state index >= 15 is 0 Å². The van der Waals surface area contributed by atoms with Crippen molar-refractivity contribution >= 4 is 11.9 Å². The largest absolute Gasteiger partial charge is 0.459 e. The summed E-state index contributed by atoms with van der Waals surface area (Å²) in [5.41, 5.74) is 1.82. The Kier molecular flexibility index (Phi) is 7.49. The van der Waals surface area contributed by atoms with Gasteiger partial charge in [-0.25, -0.2) is 18.4 Å². The van der Waals surface area contributed by atoms with Gasteiger partial charge < -0.3 is 14.2 Å². The molecule has 0 aliphatic heterocycles. The third-order valence-electron chi connectivity index (χ3n) is 4.39. The molecule has 0 fully saturated rings. The molecular formula is C26H18F2O5. The molecule has 0 heterocycles. The van der Waals surface area contributed by atoms with Crippen molar-refractivity contribution in [2.45, 2.75) is 0 Å². The Morgan fingerprint density at radius 1 is 0.727 bits per heavy atom. The molecule has 7 heteroatoms. The van der Waals surface area contributed by atoms with Gasteiger partial charge in [0.05, 0.1) is 0 Å². The van der Waals surface area contributed by atoms with Gasteiger partial charge in [-0.1, -0.05) is 43.5 Å². The number of rotatable bonds is 8. The van der Waals surface area contributed by atoms with Crippen LogP contribution in [0.4, 0.5) is 8.78 Å². The SMILES string of the molecule is C=CC(=O)OC=COc1ccc(-c2ccc(-c3ccc(OC(=O)C=C)cc3)cc2F)cc1F. The minimum absolute atomic E-state index is 0.126. The summed E-state index contributed by atoms with van der Waals surface area (Å²) < 4.78 is 43.8. The van der Waals surface area contributed by atoms with Crippen molar-refractivity contribution < 1.29 is 32.6 Å². The minimum Gasteiger partial charge on any atom is -0.459 e. The van der Waals surface area contributed by atoms with E-state index < -0.39 is 23.6 Å². The van der Waals surface area contributed by atoms with Gasteiger partial charge in [0, 0.05) is 17.7 Å². The maximum absolute atomic E-state index is 14.8. The van der Waals surface area contributed by atoms with Crippen LogP contribution in [0.3, 0.4) is 0 Å². The van der Waals surface area contributed by atoms with E-state index in [-0.39, 0.29) is 11.3 Å². The first kappa shape index (κ1) is 23.1. The second kappa shape index (κ2) is 10.7. The number of ether oxygens (including phenoxy) is 3. The summed E-state index contributed by atoms with van der Waals surface area (Å²) in [5.74, 6) is -2.31. The molecule has 3 aromatic carbocycles. The second-order valence-electron chi connectivity index (χ2n) is 6.52. The Balaban J connectivity index is 1.75. The van der Waals surface area contributed by atoms with E-state index in [0.29, 0.717) is 22.4 Å². The van der Waals surface area contributed by atoms with Crippen molar-refractivity contribution in [3.8, 4) is 33.8 Å². The lowest BCUT2D eigenvalue weighted by Gasteiger charge is -2.09. The summed E-state index contributed by atoms with van der Waals surface area (Å²) in [6, 6.07) is 15.1. The molecule has 0 bridgehead atoms. The van der Waals surface area contributed by atoms with Crippen LogP contribution >= 0.6 is 0 Å². The fourth-order valence-corrected chi connectivity index (χ4v) is 2.81. The summed E-state index contributed by atoms with van der Waals surface area (Å²) in [6.07, 6.45) is 3.97. The van der Waals surface area contributed by atoms with Crippen LogP contribution in [0.25, 0.3) is 22.3 Å². The highest BCUT2D eigenvalue weighted by atomic mass is 19.1. The fraction of sp³-hybridized carbons (Fsp3) is 0. The Hall–Kier alpha value is -4.52. The van der Waals surface area contributed by atoms with E-state index in [9.17, 15) is 18.4 Å². The molecule has 0 N–H and O–H groups in total. The summed E-state index contributed by atoms with van der Waals surface area (Å²) >= 11 is 0.